The van der Waals surface area contributed by atoms with Crippen molar-refractivity contribution < 1.29 is 9.18 Å². The summed E-state index contributed by atoms with van der Waals surface area (Å²) in [5.41, 5.74) is 3.78. The average molecular weight is 418 g/mol. The van der Waals surface area contributed by atoms with Crippen molar-refractivity contribution >= 4 is 28.8 Å². The van der Waals surface area contributed by atoms with Crippen LogP contribution in [0, 0.1) is 5.82 Å². The lowest BCUT2D eigenvalue weighted by molar-refractivity contribution is -0.117. The minimum atomic E-state index is -0.394. The first-order valence-corrected chi connectivity index (χ1v) is 10.4. The summed E-state index contributed by atoms with van der Waals surface area (Å²) in [5, 5.41) is 6.58. The Morgan fingerprint density at radius 3 is 2.65 bits per heavy atom. The Bertz CT molecular complexity index is 1100. The number of amides is 1. The fourth-order valence-electron chi connectivity index (χ4n) is 3.99. The molecule has 2 saturated heterocycles. The molecule has 158 valence electrons. The van der Waals surface area contributed by atoms with E-state index in [2.05, 4.69) is 25.5 Å². The van der Waals surface area contributed by atoms with E-state index in [1.165, 1.54) is 11.0 Å². The number of nitrogens with zero attached hydrogens (tertiary/aromatic N) is 4. The SMILES string of the molecule is O=C1CCCN1c1ccc(-c2ccc(Nc3cncc(N4CCNC4)c3)nc2)cc1F. The Labute approximate surface area is 179 Å². The molecule has 5 rings (SSSR count). The topological polar surface area (TPSA) is 73.4 Å². The van der Waals surface area contributed by atoms with Gasteiger partial charge in [0.2, 0.25) is 5.91 Å². The number of nitrogens with one attached hydrogen (secondary N) is 2. The number of hydrogen-bond acceptors (Lipinski definition) is 6. The maximum atomic E-state index is 14.7. The highest BCUT2D eigenvalue weighted by molar-refractivity contribution is 5.95. The van der Waals surface area contributed by atoms with Gasteiger partial charge in [0, 0.05) is 37.8 Å². The zero-order valence-corrected chi connectivity index (χ0v) is 17.0. The number of aromatic nitrogens is 2. The van der Waals surface area contributed by atoms with Crippen LogP contribution in [0.2, 0.25) is 0 Å². The van der Waals surface area contributed by atoms with Gasteiger partial charge >= 0.3 is 0 Å². The molecule has 1 aromatic carbocycles. The molecule has 0 spiro atoms. The number of hydrogen-bond donors (Lipinski definition) is 2. The van der Waals surface area contributed by atoms with Gasteiger partial charge in [-0.15, -0.1) is 0 Å². The normalized spacial score (nSPS) is 16.2. The van der Waals surface area contributed by atoms with Crippen LogP contribution >= 0.6 is 0 Å². The number of carbonyl (C=O) groups excluding carboxylic acids is 1. The van der Waals surface area contributed by atoms with Gasteiger partial charge in [0.25, 0.3) is 0 Å². The Balaban J connectivity index is 1.31. The van der Waals surface area contributed by atoms with Crippen LogP contribution < -0.4 is 20.4 Å². The zero-order chi connectivity index (χ0) is 21.2. The highest BCUT2D eigenvalue weighted by atomic mass is 19.1. The third-order valence-electron chi connectivity index (χ3n) is 5.63. The van der Waals surface area contributed by atoms with Crippen molar-refractivity contribution in [3.63, 3.8) is 0 Å². The first-order chi connectivity index (χ1) is 15.2. The molecule has 0 aliphatic carbocycles. The van der Waals surface area contributed by atoms with E-state index in [1.807, 2.05) is 30.5 Å². The molecule has 7 nitrogen and oxygen atoms in total. The number of anilines is 4. The van der Waals surface area contributed by atoms with Crippen LogP contribution in [-0.2, 0) is 4.79 Å². The lowest BCUT2D eigenvalue weighted by Crippen LogP contribution is -2.24. The number of halogens is 1. The summed E-state index contributed by atoms with van der Waals surface area (Å²) in [6.45, 7) is 3.32. The van der Waals surface area contributed by atoms with Crippen molar-refractivity contribution in [2.24, 2.45) is 0 Å². The molecule has 2 N–H and O–H groups in total. The highest BCUT2D eigenvalue weighted by Crippen LogP contribution is 2.29. The Kier molecular flexibility index (Phi) is 5.21. The van der Waals surface area contributed by atoms with E-state index in [0.29, 0.717) is 24.5 Å². The van der Waals surface area contributed by atoms with Crippen molar-refractivity contribution in [2.75, 3.05) is 41.4 Å². The van der Waals surface area contributed by atoms with Crippen LogP contribution in [0.3, 0.4) is 0 Å². The number of carbonyl (C=O) groups is 1. The summed E-state index contributed by atoms with van der Waals surface area (Å²) < 4.78 is 14.7. The highest BCUT2D eigenvalue weighted by Gasteiger charge is 2.24. The van der Waals surface area contributed by atoms with E-state index in [4.69, 9.17) is 0 Å². The number of benzene rings is 1. The molecule has 0 bridgehead atoms. The molecule has 8 heteroatoms. The van der Waals surface area contributed by atoms with E-state index in [-0.39, 0.29) is 5.91 Å². The standard InChI is InChI=1S/C23H23FN6O/c24-20-10-16(3-5-21(20)30-8-1-2-23(30)31)17-4-6-22(27-12-17)28-18-11-19(14-26-13-18)29-9-7-25-15-29/h3-6,10-14,25H,1-2,7-9,15H2,(H,27,28). The molecule has 2 fully saturated rings. The Morgan fingerprint density at radius 2 is 1.94 bits per heavy atom. The van der Waals surface area contributed by atoms with Crippen molar-refractivity contribution in [1.29, 1.82) is 0 Å². The van der Waals surface area contributed by atoms with Crippen LogP contribution in [0.1, 0.15) is 12.8 Å². The van der Waals surface area contributed by atoms with Crippen LogP contribution in [-0.4, -0.2) is 42.2 Å². The van der Waals surface area contributed by atoms with E-state index in [1.54, 1.807) is 18.5 Å². The first kappa shape index (κ1) is 19.4. The van der Waals surface area contributed by atoms with Gasteiger partial charge in [0.15, 0.2) is 0 Å². The minimum Gasteiger partial charge on any atom is -0.356 e. The molecular weight excluding hydrogens is 395 g/mol. The first-order valence-electron chi connectivity index (χ1n) is 10.4. The Hall–Kier alpha value is -3.52. The predicted octanol–water partition coefficient (Wildman–Crippen LogP) is 3.52. The van der Waals surface area contributed by atoms with Gasteiger partial charge in [0.05, 0.1) is 36.1 Å². The maximum absolute atomic E-state index is 14.7. The fourth-order valence-corrected chi connectivity index (χ4v) is 3.99. The van der Waals surface area contributed by atoms with Crippen molar-refractivity contribution in [1.82, 2.24) is 15.3 Å². The van der Waals surface area contributed by atoms with Gasteiger partial charge in [-0.25, -0.2) is 9.37 Å². The third kappa shape index (κ3) is 4.06. The number of rotatable bonds is 5. The predicted molar refractivity (Wildman–Crippen MR) is 119 cm³/mol. The molecular formula is C23H23FN6O. The van der Waals surface area contributed by atoms with Gasteiger partial charge in [0.1, 0.15) is 11.6 Å². The van der Waals surface area contributed by atoms with E-state index >= 15 is 0 Å². The summed E-state index contributed by atoms with van der Waals surface area (Å²) in [4.78, 5) is 24.4. The monoisotopic (exact) mass is 418 g/mol. The lowest BCUT2D eigenvalue weighted by atomic mass is 10.1. The summed E-state index contributed by atoms with van der Waals surface area (Å²) in [7, 11) is 0. The van der Waals surface area contributed by atoms with Crippen LogP contribution in [0.5, 0.6) is 0 Å². The summed E-state index contributed by atoms with van der Waals surface area (Å²) in [6.07, 6.45) is 6.57. The molecule has 2 aliphatic heterocycles. The van der Waals surface area contributed by atoms with E-state index < -0.39 is 5.82 Å². The molecule has 1 amide bonds. The Morgan fingerprint density at radius 1 is 1.03 bits per heavy atom. The van der Waals surface area contributed by atoms with Gasteiger partial charge < -0.3 is 15.1 Å². The molecule has 2 aliphatic rings. The fraction of sp³-hybridized carbons (Fsp3) is 0.261. The lowest BCUT2D eigenvalue weighted by Gasteiger charge is -2.17. The van der Waals surface area contributed by atoms with Crippen molar-refractivity contribution in [3.8, 4) is 11.1 Å². The molecule has 0 atom stereocenters. The van der Waals surface area contributed by atoms with Gasteiger partial charge in [-0.3, -0.25) is 15.1 Å². The zero-order valence-electron chi connectivity index (χ0n) is 17.0. The van der Waals surface area contributed by atoms with Crippen molar-refractivity contribution in [3.05, 3.63) is 60.8 Å². The molecule has 3 aromatic rings. The second kappa shape index (κ2) is 8.31. The number of pyridine rings is 2. The summed E-state index contributed by atoms with van der Waals surface area (Å²) in [5.74, 6) is 0.263. The molecule has 31 heavy (non-hydrogen) atoms. The van der Waals surface area contributed by atoms with Crippen LogP contribution in [0.4, 0.5) is 27.3 Å². The maximum Gasteiger partial charge on any atom is 0.227 e. The third-order valence-corrected chi connectivity index (χ3v) is 5.63. The smallest absolute Gasteiger partial charge is 0.227 e. The molecule has 4 heterocycles. The molecule has 0 saturated carbocycles. The van der Waals surface area contributed by atoms with E-state index in [9.17, 15) is 9.18 Å². The summed E-state index contributed by atoms with van der Waals surface area (Å²) >= 11 is 0. The summed E-state index contributed by atoms with van der Waals surface area (Å²) in [6, 6.07) is 10.8. The second-order valence-electron chi connectivity index (χ2n) is 7.73. The van der Waals surface area contributed by atoms with Gasteiger partial charge in [-0.2, -0.15) is 0 Å². The molecule has 0 unspecified atom stereocenters. The van der Waals surface area contributed by atoms with Crippen LogP contribution in [0.15, 0.2) is 55.0 Å². The minimum absolute atomic E-state index is 0.0247. The van der Waals surface area contributed by atoms with Gasteiger partial charge in [-0.05, 0) is 42.3 Å². The molecule has 0 radical (unpaired) electrons. The van der Waals surface area contributed by atoms with Crippen LogP contribution in [0.25, 0.3) is 11.1 Å². The van der Waals surface area contributed by atoms with Gasteiger partial charge in [-0.1, -0.05) is 6.07 Å². The largest absolute Gasteiger partial charge is 0.356 e. The van der Waals surface area contributed by atoms with E-state index in [0.717, 1.165) is 48.7 Å². The average Bonchev–Trinajstić information content (AvgIpc) is 3.47. The quantitative estimate of drug-likeness (QED) is 0.661. The molecule has 2 aromatic heterocycles. The van der Waals surface area contributed by atoms with Crippen molar-refractivity contribution in [2.45, 2.75) is 12.8 Å². The second-order valence-corrected chi connectivity index (χ2v) is 7.73.